The predicted octanol–water partition coefficient (Wildman–Crippen LogP) is 2.46. The van der Waals surface area contributed by atoms with Gasteiger partial charge in [0, 0.05) is 12.7 Å². The number of anilines is 1. The van der Waals surface area contributed by atoms with Gasteiger partial charge in [0.25, 0.3) is 0 Å². The largest absolute Gasteiger partial charge is 0.433 e. The fraction of sp³-hybridized carbons (Fsp3) is 0.667. The minimum Gasteiger partial charge on any atom is -0.391 e. The van der Waals surface area contributed by atoms with Crippen molar-refractivity contribution in [3.63, 3.8) is 0 Å². The normalized spacial score (nSPS) is 18.5. The first-order valence-corrected chi connectivity index (χ1v) is 6.29. The predicted molar refractivity (Wildman–Crippen MR) is 63.5 cm³/mol. The quantitative estimate of drug-likeness (QED) is 0.886. The molecule has 1 heterocycles. The lowest BCUT2D eigenvalue weighted by atomic mass is 10.0. The van der Waals surface area contributed by atoms with Crippen molar-refractivity contribution in [2.45, 2.75) is 38.0 Å². The van der Waals surface area contributed by atoms with Gasteiger partial charge in [0.1, 0.15) is 5.69 Å². The van der Waals surface area contributed by atoms with E-state index in [9.17, 15) is 18.3 Å². The van der Waals surface area contributed by atoms with E-state index in [-0.39, 0.29) is 18.4 Å². The van der Waals surface area contributed by atoms with E-state index in [1.54, 1.807) is 0 Å². The standard InChI is InChI=1S/C12H16F3N3O/c13-12(14,15)10-5-6-16-11(18-10)17-7-9(19)8-3-1-2-4-8/h5-6,8-9,19H,1-4,7H2,(H,16,17,18). The molecule has 1 aromatic rings. The van der Waals surface area contributed by atoms with Crippen LogP contribution in [-0.2, 0) is 6.18 Å². The molecule has 1 atom stereocenters. The zero-order chi connectivity index (χ0) is 13.9. The average Bonchev–Trinajstić information content (AvgIpc) is 2.89. The molecule has 1 aliphatic rings. The van der Waals surface area contributed by atoms with E-state index in [1.165, 1.54) is 0 Å². The summed E-state index contributed by atoms with van der Waals surface area (Å²) in [4.78, 5) is 7.10. The molecule has 0 amide bonds. The monoisotopic (exact) mass is 275 g/mol. The van der Waals surface area contributed by atoms with E-state index in [2.05, 4.69) is 15.3 Å². The van der Waals surface area contributed by atoms with Crippen LogP contribution in [0.4, 0.5) is 19.1 Å². The molecule has 0 saturated heterocycles. The molecule has 0 bridgehead atoms. The second kappa shape index (κ2) is 5.73. The van der Waals surface area contributed by atoms with Gasteiger partial charge in [-0.2, -0.15) is 13.2 Å². The van der Waals surface area contributed by atoms with Crippen LogP contribution < -0.4 is 5.32 Å². The molecular weight excluding hydrogens is 259 g/mol. The third kappa shape index (κ3) is 3.79. The topological polar surface area (TPSA) is 58.0 Å². The first kappa shape index (κ1) is 14.0. The Hall–Kier alpha value is -1.37. The van der Waals surface area contributed by atoms with Gasteiger partial charge in [-0.25, -0.2) is 9.97 Å². The fourth-order valence-electron chi connectivity index (χ4n) is 2.31. The number of alkyl halides is 3. The Balaban J connectivity index is 1.92. The van der Waals surface area contributed by atoms with Crippen LogP contribution in [0.25, 0.3) is 0 Å². The van der Waals surface area contributed by atoms with Crippen LogP contribution in [0.5, 0.6) is 0 Å². The Bertz CT molecular complexity index is 419. The van der Waals surface area contributed by atoms with Crippen LogP contribution >= 0.6 is 0 Å². The lowest BCUT2D eigenvalue weighted by Gasteiger charge is -2.18. The number of halogens is 3. The van der Waals surface area contributed by atoms with Gasteiger partial charge < -0.3 is 10.4 Å². The van der Waals surface area contributed by atoms with Crippen molar-refractivity contribution >= 4 is 5.95 Å². The Kier molecular flexibility index (Phi) is 4.24. The summed E-state index contributed by atoms with van der Waals surface area (Å²) in [6.07, 6.45) is 0.131. The van der Waals surface area contributed by atoms with Crippen LogP contribution in [0.15, 0.2) is 12.3 Å². The number of aromatic nitrogens is 2. The second-order valence-corrected chi connectivity index (χ2v) is 4.76. The van der Waals surface area contributed by atoms with Crippen LogP contribution in [-0.4, -0.2) is 27.7 Å². The first-order valence-electron chi connectivity index (χ1n) is 6.29. The van der Waals surface area contributed by atoms with Crippen LogP contribution in [0.3, 0.4) is 0 Å². The van der Waals surface area contributed by atoms with Gasteiger partial charge in [-0.1, -0.05) is 12.8 Å². The molecule has 0 spiro atoms. The van der Waals surface area contributed by atoms with Gasteiger partial charge in [0.05, 0.1) is 6.10 Å². The summed E-state index contributed by atoms with van der Waals surface area (Å²) < 4.78 is 37.3. The van der Waals surface area contributed by atoms with Gasteiger partial charge in [0.15, 0.2) is 0 Å². The van der Waals surface area contributed by atoms with E-state index >= 15 is 0 Å². The van der Waals surface area contributed by atoms with Gasteiger partial charge in [0.2, 0.25) is 5.95 Å². The highest BCUT2D eigenvalue weighted by atomic mass is 19.4. The minimum absolute atomic E-state index is 0.105. The molecule has 1 fully saturated rings. The smallest absolute Gasteiger partial charge is 0.391 e. The highest BCUT2D eigenvalue weighted by Crippen LogP contribution is 2.29. The zero-order valence-electron chi connectivity index (χ0n) is 10.3. The Labute approximate surface area is 109 Å². The number of aliphatic hydroxyl groups excluding tert-OH is 1. The molecule has 0 radical (unpaired) electrons. The summed E-state index contributed by atoms with van der Waals surface area (Å²) in [6, 6.07) is 0.818. The molecule has 2 N–H and O–H groups in total. The van der Waals surface area contributed by atoms with E-state index < -0.39 is 18.0 Å². The summed E-state index contributed by atoms with van der Waals surface area (Å²) in [7, 11) is 0. The molecule has 19 heavy (non-hydrogen) atoms. The molecule has 1 saturated carbocycles. The van der Waals surface area contributed by atoms with E-state index in [0.717, 1.165) is 37.9 Å². The van der Waals surface area contributed by atoms with E-state index in [0.29, 0.717) is 0 Å². The number of nitrogens with zero attached hydrogens (tertiary/aromatic N) is 2. The number of aliphatic hydroxyl groups is 1. The van der Waals surface area contributed by atoms with E-state index in [1.807, 2.05) is 0 Å². The average molecular weight is 275 g/mol. The minimum atomic E-state index is -4.48. The third-order valence-electron chi connectivity index (χ3n) is 3.36. The molecule has 2 rings (SSSR count). The summed E-state index contributed by atoms with van der Waals surface area (Å²) in [5, 5.41) is 12.6. The van der Waals surface area contributed by atoms with Crippen molar-refractivity contribution in [1.82, 2.24) is 9.97 Å². The van der Waals surface area contributed by atoms with Crippen molar-refractivity contribution in [2.75, 3.05) is 11.9 Å². The van der Waals surface area contributed by atoms with E-state index in [4.69, 9.17) is 0 Å². The lowest BCUT2D eigenvalue weighted by molar-refractivity contribution is -0.141. The number of hydrogen-bond donors (Lipinski definition) is 2. The Morgan fingerprint density at radius 2 is 2.05 bits per heavy atom. The third-order valence-corrected chi connectivity index (χ3v) is 3.36. The molecule has 4 nitrogen and oxygen atoms in total. The molecule has 0 aromatic carbocycles. The Morgan fingerprint density at radius 1 is 1.37 bits per heavy atom. The number of rotatable bonds is 4. The maximum Gasteiger partial charge on any atom is 0.433 e. The van der Waals surface area contributed by atoms with Crippen LogP contribution in [0.2, 0.25) is 0 Å². The molecular formula is C12H16F3N3O. The van der Waals surface area contributed by atoms with Gasteiger partial charge in [-0.15, -0.1) is 0 Å². The first-order chi connectivity index (χ1) is 8.97. The molecule has 0 aliphatic heterocycles. The summed E-state index contributed by atoms with van der Waals surface area (Å²) >= 11 is 0. The summed E-state index contributed by atoms with van der Waals surface area (Å²) in [6.45, 7) is 0.173. The molecule has 106 valence electrons. The highest BCUT2D eigenvalue weighted by molar-refractivity contribution is 5.26. The molecule has 7 heteroatoms. The van der Waals surface area contributed by atoms with Crippen molar-refractivity contribution < 1.29 is 18.3 Å². The molecule has 1 aromatic heterocycles. The summed E-state index contributed by atoms with van der Waals surface area (Å²) in [5.74, 6) is 0.116. The van der Waals surface area contributed by atoms with Gasteiger partial charge in [-0.05, 0) is 24.8 Å². The van der Waals surface area contributed by atoms with Crippen LogP contribution in [0.1, 0.15) is 31.4 Å². The fourth-order valence-corrected chi connectivity index (χ4v) is 2.31. The second-order valence-electron chi connectivity index (χ2n) is 4.76. The molecule has 1 unspecified atom stereocenters. The maximum atomic E-state index is 12.4. The molecule has 1 aliphatic carbocycles. The number of hydrogen-bond acceptors (Lipinski definition) is 4. The van der Waals surface area contributed by atoms with Gasteiger partial charge >= 0.3 is 6.18 Å². The van der Waals surface area contributed by atoms with Crippen molar-refractivity contribution in [3.8, 4) is 0 Å². The van der Waals surface area contributed by atoms with Gasteiger partial charge in [-0.3, -0.25) is 0 Å². The zero-order valence-corrected chi connectivity index (χ0v) is 10.3. The summed E-state index contributed by atoms with van der Waals surface area (Å²) in [5.41, 5.74) is -0.986. The van der Waals surface area contributed by atoms with Crippen LogP contribution in [0, 0.1) is 5.92 Å². The Morgan fingerprint density at radius 3 is 2.68 bits per heavy atom. The SMILES string of the molecule is OC(CNc1nccc(C(F)(F)F)n1)C1CCCC1. The lowest BCUT2D eigenvalue weighted by Crippen LogP contribution is -2.27. The van der Waals surface area contributed by atoms with Crippen molar-refractivity contribution in [2.24, 2.45) is 5.92 Å². The van der Waals surface area contributed by atoms with Crippen molar-refractivity contribution in [1.29, 1.82) is 0 Å². The highest BCUT2D eigenvalue weighted by Gasteiger charge is 2.32. The number of nitrogens with one attached hydrogen (secondary N) is 1. The van der Waals surface area contributed by atoms with Crippen molar-refractivity contribution in [3.05, 3.63) is 18.0 Å². The maximum absolute atomic E-state index is 12.4.